The van der Waals surface area contributed by atoms with E-state index in [0.29, 0.717) is 63.4 Å². The van der Waals surface area contributed by atoms with Gasteiger partial charge in [-0.2, -0.15) is 0 Å². The number of aliphatic hydroxyl groups excluding tert-OH is 1. The second-order valence-corrected chi connectivity index (χ2v) is 23.6. The first-order valence-corrected chi connectivity index (χ1v) is 27.7. The third kappa shape index (κ3) is 16.2. The van der Waals surface area contributed by atoms with Crippen LogP contribution >= 0.6 is 7.37 Å². The van der Waals surface area contributed by atoms with Gasteiger partial charge in [0.15, 0.2) is 13.2 Å². The highest BCUT2D eigenvalue weighted by molar-refractivity contribution is 7.57. The van der Waals surface area contributed by atoms with Crippen molar-refractivity contribution in [2.24, 2.45) is 35.5 Å². The Bertz CT molecular complexity index is 1940. The standard InChI is InChI=1S/C53H84NO14P/c1-32-18-14-13-15-19-33(2)44(63-8)30-40-23-21-38(7)53(61,67-40)50(58)51(59)54-25-17-16-20-41(54)52(60)66-45(35(4)28-39-22-24-43(46(29-39)64-9)68-69(11,12)62)31-42(55)34(3)27-37(6)48(57)49(65-10)47(56)36(5)26-32/h13-15,18-19,27,32,34-36,38-41,43-46,48-49,57,61H,16-17,20-26,28-31H2,1-12H3/b15-13+,18-14+,33-19-,37-27+/t32-,34-,35-,36-,38+,39+,40-,41-,43+,44-,45+,46-,48+,49-,53-/m1/s1. The third-order valence-corrected chi connectivity index (χ3v) is 15.6. The first-order chi connectivity index (χ1) is 32.4. The monoisotopic (exact) mass is 990 g/mol. The van der Waals surface area contributed by atoms with Gasteiger partial charge in [0.1, 0.15) is 30.1 Å². The van der Waals surface area contributed by atoms with Crippen molar-refractivity contribution < 1.29 is 67.0 Å². The minimum atomic E-state index is -2.79. The van der Waals surface area contributed by atoms with Crippen molar-refractivity contribution in [1.82, 2.24) is 4.90 Å². The molecule has 1 aliphatic carbocycles. The van der Waals surface area contributed by atoms with Gasteiger partial charge >= 0.3 is 5.97 Å². The number of amides is 1. The molecule has 0 unspecified atom stereocenters. The molecule has 0 aromatic carbocycles. The summed E-state index contributed by atoms with van der Waals surface area (Å²) in [5.74, 6) is -8.11. The van der Waals surface area contributed by atoms with Crippen molar-refractivity contribution in [3.63, 3.8) is 0 Å². The molecule has 3 fully saturated rings. The van der Waals surface area contributed by atoms with E-state index < -0.39 is 85.1 Å². The Morgan fingerprint density at radius 1 is 0.855 bits per heavy atom. The van der Waals surface area contributed by atoms with Crippen LogP contribution in [0.1, 0.15) is 126 Å². The summed E-state index contributed by atoms with van der Waals surface area (Å²) in [5.41, 5.74) is 1.25. The van der Waals surface area contributed by atoms with Gasteiger partial charge in [0, 0.05) is 71.8 Å². The normalized spacial score (nSPS) is 39.0. The minimum absolute atomic E-state index is 0.0117. The van der Waals surface area contributed by atoms with Gasteiger partial charge in [-0.15, -0.1) is 0 Å². The fourth-order valence-electron chi connectivity index (χ4n) is 10.5. The van der Waals surface area contributed by atoms with E-state index in [1.165, 1.54) is 12.0 Å². The van der Waals surface area contributed by atoms with Gasteiger partial charge < -0.3 is 43.3 Å². The van der Waals surface area contributed by atoms with Crippen molar-refractivity contribution in [2.75, 3.05) is 41.2 Å². The zero-order valence-electron chi connectivity index (χ0n) is 43.4. The van der Waals surface area contributed by atoms with Crippen LogP contribution in [0, 0.1) is 35.5 Å². The van der Waals surface area contributed by atoms with Crippen LogP contribution < -0.4 is 0 Å². The Hall–Kier alpha value is -3.14. The maximum Gasteiger partial charge on any atom is 0.329 e. The van der Waals surface area contributed by atoms with E-state index in [-0.39, 0.29) is 60.9 Å². The number of Topliss-reactive ketones (excluding diaryl/α,β-unsaturated/α-hetero) is 3. The molecule has 0 spiro atoms. The van der Waals surface area contributed by atoms with Gasteiger partial charge in [0.05, 0.1) is 24.4 Å². The number of rotatable bonds is 8. The third-order valence-electron chi connectivity index (χ3n) is 14.8. The van der Waals surface area contributed by atoms with E-state index in [1.807, 2.05) is 58.1 Å². The van der Waals surface area contributed by atoms with Gasteiger partial charge in [-0.1, -0.05) is 71.1 Å². The molecule has 1 saturated carbocycles. The largest absolute Gasteiger partial charge is 0.460 e. The number of aliphatic hydroxyl groups is 2. The van der Waals surface area contributed by atoms with Gasteiger partial charge in [-0.25, -0.2) is 4.79 Å². The van der Waals surface area contributed by atoms with Gasteiger partial charge in [0.2, 0.25) is 5.79 Å². The van der Waals surface area contributed by atoms with Gasteiger partial charge in [-0.05, 0) is 107 Å². The summed E-state index contributed by atoms with van der Waals surface area (Å²) in [7, 11) is 1.76. The molecule has 15 atom stereocenters. The van der Waals surface area contributed by atoms with Crippen LogP contribution in [0.4, 0.5) is 0 Å². The zero-order chi connectivity index (χ0) is 51.4. The molecule has 4 aliphatic rings. The van der Waals surface area contributed by atoms with Gasteiger partial charge in [0.25, 0.3) is 11.7 Å². The number of methoxy groups -OCH3 is 3. The number of hydrogen-bond acceptors (Lipinski definition) is 14. The van der Waals surface area contributed by atoms with Crippen molar-refractivity contribution in [3.05, 3.63) is 47.6 Å². The molecule has 2 N–H and O–H groups in total. The summed E-state index contributed by atoms with van der Waals surface area (Å²) in [6.45, 7) is 15.9. The van der Waals surface area contributed by atoms with Gasteiger partial charge in [-0.3, -0.25) is 23.7 Å². The lowest BCUT2D eigenvalue weighted by molar-refractivity contribution is -0.265. The van der Waals surface area contributed by atoms with Crippen LogP contribution in [-0.2, 0) is 56.7 Å². The molecular weight excluding hydrogens is 906 g/mol. The topological polar surface area (TPSA) is 201 Å². The number of cyclic esters (lactones) is 1. The summed E-state index contributed by atoms with van der Waals surface area (Å²) < 4.78 is 48.2. The summed E-state index contributed by atoms with van der Waals surface area (Å²) in [4.78, 5) is 72.2. The van der Waals surface area contributed by atoms with Crippen molar-refractivity contribution >= 4 is 36.6 Å². The van der Waals surface area contributed by atoms with E-state index in [0.717, 1.165) is 12.0 Å². The predicted octanol–water partition coefficient (Wildman–Crippen LogP) is 7.74. The summed E-state index contributed by atoms with van der Waals surface area (Å²) >= 11 is 0. The highest BCUT2D eigenvalue weighted by Crippen LogP contribution is 2.45. The molecule has 3 aliphatic heterocycles. The number of ketones is 3. The Balaban J connectivity index is 1.70. The van der Waals surface area contributed by atoms with E-state index in [1.54, 1.807) is 54.4 Å². The number of carbonyl (C=O) groups is 5. The molecule has 2 bridgehead atoms. The molecule has 0 radical (unpaired) electrons. The maximum absolute atomic E-state index is 14.5. The maximum atomic E-state index is 14.5. The molecule has 69 heavy (non-hydrogen) atoms. The minimum Gasteiger partial charge on any atom is -0.460 e. The zero-order valence-corrected chi connectivity index (χ0v) is 44.3. The van der Waals surface area contributed by atoms with E-state index in [9.17, 15) is 38.8 Å². The molecule has 16 heteroatoms. The predicted molar refractivity (Wildman–Crippen MR) is 263 cm³/mol. The van der Waals surface area contributed by atoms with E-state index in [4.69, 9.17) is 28.2 Å². The number of piperidine rings is 1. The Kier molecular flexibility index (Phi) is 22.5. The molecule has 2 saturated heterocycles. The van der Waals surface area contributed by atoms with Crippen molar-refractivity contribution in [3.8, 4) is 0 Å². The summed E-state index contributed by atoms with van der Waals surface area (Å²) in [6.07, 6.45) is 11.4. The Morgan fingerprint density at radius 3 is 2.22 bits per heavy atom. The average Bonchev–Trinajstić information content (AvgIpc) is 3.30. The SMILES string of the molecule is CO[C@@H]1C(=O)[C@H](C)C[C@H](C)/C=C/C=C/C=C(/C)[C@H](OC)C[C@H]2CC[C@H](C)[C@@](O)(O2)C(=O)C(=O)N2CCCC[C@@H]2C(=O)O[C@H]([C@H](C)C[C@@H]2CC[C@H](OP(C)(C)=O)[C@H](OC)C2)CC(=O)[C@H](C)/C=C(\C)[C@@H]1O. The lowest BCUT2D eigenvalue weighted by atomic mass is 9.78. The Morgan fingerprint density at radius 2 is 1.57 bits per heavy atom. The van der Waals surface area contributed by atoms with Crippen LogP contribution in [-0.4, -0.2) is 140 Å². The molecule has 3 heterocycles. The fraction of sp³-hybridized carbons (Fsp3) is 0.755. The Labute approximate surface area is 411 Å². The second-order valence-electron chi connectivity index (χ2n) is 20.9. The highest BCUT2D eigenvalue weighted by atomic mass is 31.2. The number of hydrogen-bond donors (Lipinski definition) is 2. The molecule has 0 aromatic rings. The fourth-order valence-corrected chi connectivity index (χ4v) is 11.4. The molecule has 390 valence electrons. The van der Waals surface area contributed by atoms with E-state index >= 15 is 0 Å². The van der Waals surface area contributed by atoms with Crippen LogP contribution in [0.2, 0.25) is 0 Å². The smallest absolute Gasteiger partial charge is 0.329 e. The van der Waals surface area contributed by atoms with Crippen LogP contribution in [0.15, 0.2) is 47.6 Å². The van der Waals surface area contributed by atoms with Crippen LogP contribution in [0.25, 0.3) is 0 Å². The van der Waals surface area contributed by atoms with Crippen molar-refractivity contribution in [2.45, 2.75) is 180 Å². The number of fused-ring (bicyclic) bond motifs is 3. The number of ether oxygens (including phenoxy) is 5. The highest BCUT2D eigenvalue weighted by Gasteiger charge is 2.53. The van der Waals surface area contributed by atoms with Crippen LogP contribution in [0.3, 0.4) is 0 Å². The second kappa shape index (κ2) is 26.5. The molecule has 15 nitrogen and oxygen atoms in total. The van der Waals surface area contributed by atoms with Crippen molar-refractivity contribution in [1.29, 1.82) is 0 Å². The molecule has 4 rings (SSSR count). The molecule has 1 amide bonds. The number of esters is 1. The lowest BCUT2D eigenvalue weighted by Gasteiger charge is -2.42. The summed E-state index contributed by atoms with van der Waals surface area (Å²) in [5, 5.41) is 23.5. The average molecular weight is 990 g/mol. The summed E-state index contributed by atoms with van der Waals surface area (Å²) in [6, 6.07) is -1.16. The molecular formula is C53H84NO14P. The molecule has 0 aromatic heterocycles. The van der Waals surface area contributed by atoms with Crippen LogP contribution in [0.5, 0.6) is 0 Å². The van der Waals surface area contributed by atoms with E-state index in [2.05, 4.69) is 0 Å². The quantitative estimate of drug-likeness (QED) is 0.104. The first kappa shape index (κ1) is 58.4. The number of nitrogens with zero attached hydrogens (tertiary/aromatic N) is 1. The number of allylic oxidation sites excluding steroid dienone is 6. The first-order valence-electron chi connectivity index (χ1n) is 25.2. The lowest BCUT2D eigenvalue weighted by Crippen LogP contribution is -2.61. The number of carbonyl (C=O) groups excluding carboxylic acids is 5.